The highest BCUT2D eigenvalue weighted by Crippen LogP contribution is 2.24. The number of amides is 2. The van der Waals surface area contributed by atoms with Crippen LogP contribution in [-0.4, -0.2) is 23.3 Å². The largest absolute Gasteiger partial charge is 0.441 e. The lowest BCUT2D eigenvalue weighted by atomic mass is 10.2. The SMILES string of the molecule is Cc1c(Cl)cccc1NC(=O)CNC(=O)CCc1ncc(-c2ccccc2F)o1. The fourth-order valence-corrected chi connectivity index (χ4v) is 2.81. The van der Waals surface area contributed by atoms with Gasteiger partial charge in [-0.15, -0.1) is 0 Å². The van der Waals surface area contributed by atoms with E-state index in [1.807, 2.05) is 0 Å². The third-order valence-corrected chi connectivity index (χ3v) is 4.66. The number of nitrogens with one attached hydrogen (secondary N) is 2. The molecule has 6 nitrogen and oxygen atoms in total. The van der Waals surface area contributed by atoms with E-state index < -0.39 is 5.82 Å². The average molecular weight is 416 g/mol. The van der Waals surface area contributed by atoms with Crippen molar-refractivity contribution in [2.45, 2.75) is 19.8 Å². The Morgan fingerprint density at radius 2 is 1.93 bits per heavy atom. The van der Waals surface area contributed by atoms with Crippen LogP contribution in [0, 0.1) is 12.7 Å². The molecule has 0 unspecified atom stereocenters. The normalized spacial score (nSPS) is 10.6. The van der Waals surface area contributed by atoms with Gasteiger partial charge in [0.25, 0.3) is 0 Å². The molecule has 8 heteroatoms. The molecule has 0 aliphatic rings. The van der Waals surface area contributed by atoms with Crippen LogP contribution in [-0.2, 0) is 16.0 Å². The zero-order chi connectivity index (χ0) is 20.8. The minimum absolute atomic E-state index is 0.0840. The summed E-state index contributed by atoms with van der Waals surface area (Å²) in [6.45, 7) is 1.62. The molecule has 0 aliphatic carbocycles. The smallest absolute Gasteiger partial charge is 0.243 e. The minimum atomic E-state index is -0.408. The molecule has 29 heavy (non-hydrogen) atoms. The molecule has 0 bridgehead atoms. The summed E-state index contributed by atoms with van der Waals surface area (Å²) in [5.74, 6) is -0.476. The number of hydrogen-bond donors (Lipinski definition) is 2. The molecule has 2 aromatic carbocycles. The maximum atomic E-state index is 13.8. The van der Waals surface area contributed by atoms with Gasteiger partial charge in [0, 0.05) is 23.6 Å². The Hall–Kier alpha value is -3.19. The summed E-state index contributed by atoms with van der Waals surface area (Å²) >= 11 is 6.02. The minimum Gasteiger partial charge on any atom is -0.441 e. The third kappa shape index (κ3) is 5.42. The van der Waals surface area contributed by atoms with Crippen LogP contribution in [0.1, 0.15) is 17.9 Å². The summed E-state index contributed by atoms with van der Waals surface area (Å²) < 4.78 is 19.3. The lowest BCUT2D eigenvalue weighted by Gasteiger charge is -2.10. The molecule has 0 spiro atoms. The maximum Gasteiger partial charge on any atom is 0.243 e. The molecule has 1 heterocycles. The van der Waals surface area contributed by atoms with E-state index in [1.165, 1.54) is 12.3 Å². The second-order valence-corrected chi connectivity index (χ2v) is 6.74. The van der Waals surface area contributed by atoms with E-state index in [9.17, 15) is 14.0 Å². The lowest BCUT2D eigenvalue weighted by Crippen LogP contribution is -2.33. The molecule has 2 amide bonds. The Morgan fingerprint density at radius 3 is 2.72 bits per heavy atom. The summed E-state index contributed by atoms with van der Waals surface area (Å²) in [5, 5.41) is 5.79. The van der Waals surface area contributed by atoms with Crippen molar-refractivity contribution in [1.29, 1.82) is 0 Å². The number of carbonyl (C=O) groups is 2. The molecule has 2 N–H and O–H groups in total. The highest BCUT2D eigenvalue weighted by molar-refractivity contribution is 6.31. The number of aryl methyl sites for hydroxylation is 1. The van der Waals surface area contributed by atoms with Gasteiger partial charge >= 0.3 is 0 Å². The summed E-state index contributed by atoms with van der Waals surface area (Å²) in [5.41, 5.74) is 1.66. The van der Waals surface area contributed by atoms with E-state index >= 15 is 0 Å². The maximum absolute atomic E-state index is 13.8. The van der Waals surface area contributed by atoms with Crippen LogP contribution in [0.15, 0.2) is 53.1 Å². The van der Waals surface area contributed by atoms with Gasteiger partial charge < -0.3 is 15.1 Å². The number of hydrogen-bond acceptors (Lipinski definition) is 4. The van der Waals surface area contributed by atoms with Gasteiger partial charge in [-0.05, 0) is 36.8 Å². The highest BCUT2D eigenvalue weighted by atomic mass is 35.5. The van der Waals surface area contributed by atoms with Gasteiger partial charge in [-0.25, -0.2) is 9.37 Å². The van der Waals surface area contributed by atoms with E-state index in [1.54, 1.807) is 43.3 Å². The number of rotatable bonds is 7. The van der Waals surface area contributed by atoms with Crippen molar-refractivity contribution in [2.75, 3.05) is 11.9 Å². The first-order valence-corrected chi connectivity index (χ1v) is 9.33. The molecule has 150 valence electrons. The van der Waals surface area contributed by atoms with Crippen LogP contribution >= 0.6 is 11.6 Å². The highest BCUT2D eigenvalue weighted by Gasteiger charge is 2.13. The van der Waals surface area contributed by atoms with Crippen LogP contribution in [0.3, 0.4) is 0 Å². The number of aromatic nitrogens is 1. The van der Waals surface area contributed by atoms with Crippen LogP contribution in [0.5, 0.6) is 0 Å². The number of nitrogens with zero attached hydrogens (tertiary/aromatic N) is 1. The summed E-state index contributed by atoms with van der Waals surface area (Å²) in [4.78, 5) is 28.1. The molecular formula is C21H19ClFN3O3. The third-order valence-electron chi connectivity index (χ3n) is 4.25. The van der Waals surface area contributed by atoms with Gasteiger partial charge in [0.05, 0.1) is 18.3 Å². The number of oxazole rings is 1. The van der Waals surface area contributed by atoms with Gasteiger partial charge in [-0.2, -0.15) is 0 Å². The zero-order valence-electron chi connectivity index (χ0n) is 15.7. The molecule has 0 aliphatic heterocycles. The standard InChI is InChI=1S/C21H19ClFN3O3/c1-13-15(22)6-4-8-17(13)26-20(28)12-24-19(27)9-10-21-25-11-18(29-21)14-5-2-3-7-16(14)23/h2-8,11H,9-10,12H2,1H3,(H,24,27)(H,26,28). The lowest BCUT2D eigenvalue weighted by molar-refractivity contribution is -0.124. The second-order valence-electron chi connectivity index (χ2n) is 6.34. The van der Waals surface area contributed by atoms with E-state index in [-0.39, 0.29) is 31.2 Å². The van der Waals surface area contributed by atoms with E-state index in [0.717, 1.165) is 5.56 Å². The molecule has 0 radical (unpaired) electrons. The van der Waals surface area contributed by atoms with E-state index in [4.69, 9.17) is 16.0 Å². The van der Waals surface area contributed by atoms with Crippen molar-refractivity contribution in [2.24, 2.45) is 0 Å². The van der Waals surface area contributed by atoms with Crippen LogP contribution in [0.4, 0.5) is 10.1 Å². The first-order valence-electron chi connectivity index (χ1n) is 8.95. The predicted molar refractivity (Wildman–Crippen MR) is 108 cm³/mol. The number of benzene rings is 2. The monoisotopic (exact) mass is 415 g/mol. The van der Waals surface area contributed by atoms with Gasteiger partial charge in [0.15, 0.2) is 11.7 Å². The first-order chi connectivity index (χ1) is 13.9. The molecule has 3 aromatic rings. The van der Waals surface area contributed by atoms with Gasteiger partial charge in [0.1, 0.15) is 5.82 Å². The summed E-state index contributed by atoms with van der Waals surface area (Å²) in [6, 6.07) is 11.4. The Labute approximate surface area is 172 Å². The van der Waals surface area contributed by atoms with Crippen molar-refractivity contribution in [3.63, 3.8) is 0 Å². The number of carbonyl (C=O) groups excluding carboxylic acids is 2. The number of anilines is 1. The van der Waals surface area contributed by atoms with Crippen molar-refractivity contribution in [3.05, 3.63) is 71.0 Å². The van der Waals surface area contributed by atoms with Crippen LogP contribution < -0.4 is 10.6 Å². The predicted octanol–water partition coefficient (Wildman–Crippen LogP) is 4.13. The Bertz CT molecular complexity index is 1040. The molecule has 0 saturated heterocycles. The van der Waals surface area contributed by atoms with Gasteiger partial charge in [0.2, 0.25) is 11.8 Å². The van der Waals surface area contributed by atoms with Crippen molar-refractivity contribution in [1.82, 2.24) is 10.3 Å². The number of halogens is 2. The van der Waals surface area contributed by atoms with E-state index in [0.29, 0.717) is 27.9 Å². The van der Waals surface area contributed by atoms with Gasteiger partial charge in [-0.3, -0.25) is 9.59 Å². The Balaban J connectivity index is 1.46. The quantitative estimate of drug-likeness (QED) is 0.607. The Morgan fingerprint density at radius 1 is 1.14 bits per heavy atom. The molecule has 1 aromatic heterocycles. The molecule has 3 rings (SSSR count). The molecule has 0 fully saturated rings. The molecular weight excluding hydrogens is 397 g/mol. The van der Waals surface area contributed by atoms with Crippen molar-refractivity contribution in [3.8, 4) is 11.3 Å². The van der Waals surface area contributed by atoms with Crippen LogP contribution in [0.2, 0.25) is 5.02 Å². The topological polar surface area (TPSA) is 84.2 Å². The van der Waals surface area contributed by atoms with Crippen molar-refractivity contribution >= 4 is 29.1 Å². The first kappa shape index (κ1) is 20.5. The van der Waals surface area contributed by atoms with Crippen LogP contribution in [0.25, 0.3) is 11.3 Å². The molecule has 0 saturated carbocycles. The fourth-order valence-electron chi connectivity index (χ4n) is 2.64. The molecule has 0 atom stereocenters. The zero-order valence-corrected chi connectivity index (χ0v) is 16.4. The average Bonchev–Trinajstić information content (AvgIpc) is 3.17. The second kappa shape index (κ2) is 9.34. The van der Waals surface area contributed by atoms with Crippen molar-refractivity contribution < 1.29 is 18.4 Å². The summed E-state index contributed by atoms with van der Waals surface area (Å²) in [6.07, 6.45) is 1.74. The Kier molecular flexibility index (Phi) is 6.61. The van der Waals surface area contributed by atoms with E-state index in [2.05, 4.69) is 15.6 Å². The van der Waals surface area contributed by atoms with Gasteiger partial charge in [-0.1, -0.05) is 29.8 Å². The fraction of sp³-hybridized carbons (Fsp3) is 0.190. The summed E-state index contributed by atoms with van der Waals surface area (Å²) in [7, 11) is 0.